The third-order valence-electron chi connectivity index (χ3n) is 5.42. The molecule has 26 heavy (non-hydrogen) atoms. The summed E-state index contributed by atoms with van der Waals surface area (Å²) in [6.45, 7) is 4.99. The number of aryl methyl sites for hydroxylation is 2. The predicted octanol–water partition coefficient (Wildman–Crippen LogP) is 3.24. The minimum Gasteiger partial charge on any atom is -0.338 e. The highest BCUT2D eigenvalue weighted by atomic mass is 19.1. The zero-order chi connectivity index (χ0) is 18.8. The topological polar surface area (TPSA) is 42.3 Å². The minimum absolute atomic E-state index is 0.164. The summed E-state index contributed by atoms with van der Waals surface area (Å²) in [5.74, 6) is 0.0963. The molecule has 4 nitrogen and oxygen atoms in total. The van der Waals surface area contributed by atoms with Crippen LogP contribution >= 0.6 is 0 Å². The van der Waals surface area contributed by atoms with Gasteiger partial charge >= 0.3 is 0 Å². The SMILES string of the molecule is Cc1cc(C)n(C)c(=O)c1C(=O)N1CCC(Cc2ccc(F)cc2)CC1. The molecule has 1 saturated heterocycles. The molecule has 2 heterocycles. The van der Waals surface area contributed by atoms with Crippen LogP contribution in [-0.2, 0) is 13.5 Å². The van der Waals surface area contributed by atoms with E-state index in [-0.39, 0.29) is 22.8 Å². The van der Waals surface area contributed by atoms with Crippen molar-refractivity contribution in [3.63, 3.8) is 0 Å². The van der Waals surface area contributed by atoms with Crippen LogP contribution in [0, 0.1) is 25.6 Å². The zero-order valence-corrected chi connectivity index (χ0v) is 15.6. The fourth-order valence-electron chi connectivity index (χ4n) is 3.69. The van der Waals surface area contributed by atoms with Gasteiger partial charge in [-0.2, -0.15) is 0 Å². The van der Waals surface area contributed by atoms with E-state index >= 15 is 0 Å². The van der Waals surface area contributed by atoms with E-state index in [4.69, 9.17) is 0 Å². The molecule has 1 amide bonds. The molecule has 0 N–H and O–H groups in total. The van der Waals surface area contributed by atoms with Crippen LogP contribution in [0.2, 0.25) is 0 Å². The van der Waals surface area contributed by atoms with E-state index in [2.05, 4.69) is 0 Å². The lowest BCUT2D eigenvalue weighted by Gasteiger charge is -2.32. The Labute approximate surface area is 153 Å². The van der Waals surface area contributed by atoms with E-state index < -0.39 is 0 Å². The van der Waals surface area contributed by atoms with Gasteiger partial charge in [-0.3, -0.25) is 9.59 Å². The Morgan fingerprint density at radius 1 is 1.15 bits per heavy atom. The van der Waals surface area contributed by atoms with E-state index in [0.717, 1.165) is 36.1 Å². The number of pyridine rings is 1. The van der Waals surface area contributed by atoms with Gasteiger partial charge in [0.25, 0.3) is 11.5 Å². The number of amides is 1. The molecule has 1 aromatic heterocycles. The summed E-state index contributed by atoms with van der Waals surface area (Å²) in [5, 5.41) is 0. The van der Waals surface area contributed by atoms with Crippen LogP contribution in [0.5, 0.6) is 0 Å². The smallest absolute Gasteiger partial charge is 0.263 e. The monoisotopic (exact) mass is 356 g/mol. The molecular formula is C21H25FN2O2. The Bertz CT molecular complexity index is 863. The van der Waals surface area contributed by atoms with Crippen LogP contribution in [-0.4, -0.2) is 28.5 Å². The van der Waals surface area contributed by atoms with Crippen LogP contribution in [0.1, 0.15) is 40.0 Å². The van der Waals surface area contributed by atoms with Crippen molar-refractivity contribution >= 4 is 5.91 Å². The number of carbonyl (C=O) groups excluding carboxylic acids is 1. The number of halogens is 1. The number of piperidine rings is 1. The average Bonchev–Trinajstić information content (AvgIpc) is 2.62. The first kappa shape index (κ1) is 18.4. The van der Waals surface area contributed by atoms with Crippen molar-refractivity contribution in [2.45, 2.75) is 33.1 Å². The van der Waals surface area contributed by atoms with Crippen LogP contribution < -0.4 is 5.56 Å². The van der Waals surface area contributed by atoms with E-state index in [1.54, 1.807) is 11.9 Å². The van der Waals surface area contributed by atoms with Crippen molar-refractivity contribution in [2.75, 3.05) is 13.1 Å². The molecule has 0 radical (unpaired) electrons. The molecule has 3 rings (SSSR count). The van der Waals surface area contributed by atoms with Gasteiger partial charge in [0.15, 0.2) is 0 Å². The molecule has 1 fully saturated rings. The molecule has 1 aliphatic heterocycles. The van der Waals surface area contributed by atoms with Crippen molar-refractivity contribution < 1.29 is 9.18 Å². The average molecular weight is 356 g/mol. The Morgan fingerprint density at radius 2 is 1.77 bits per heavy atom. The maximum absolute atomic E-state index is 13.0. The summed E-state index contributed by atoms with van der Waals surface area (Å²) in [7, 11) is 1.70. The lowest BCUT2D eigenvalue weighted by molar-refractivity contribution is 0.0687. The van der Waals surface area contributed by atoms with E-state index in [9.17, 15) is 14.0 Å². The maximum atomic E-state index is 13.0. The molecular weight excluding hydrogens is 331 g/mol. The van der Waals surface area contributed by atoms with Crippen molar-refractivity contribution in [3.8, 4) is 0 Å². The van der Waals surface area contributed by atoms with Gasteiger partial charge in [-0.15, -0.1) is 0 Å². The molecule has 2 aromatic rings. The molecule has 1 aromatic carbocycles. The number of carbonyl (C=O) groups is 1. The fourth-order valence-corrected chi connectivity index (χ4v) is 3.69. The lowest BCUT2D eigenvalue weighted by Crippen LogP contribution is -2.42. The Hall–Kier alpha value is -2.43. The van der Waals surface area contributed by atoms with E-state index in [1.807, 2.05) is 32.0 Å². The summed E-state index contributed by atoms with van der Waals surface area (Å²) >= 11 is 0. The molecule has 0 aliphatic carbocycles. The quantitative estimate of drug-likeness (QED) is 0.847. The molecule has 1 aliphatic rings. The van der Waals surface area contributed by atoms with Gasteiger partial charge in [-0.1, -0.05) is 12.1 Å². The van der Waals surface area contributed by atoms with Gasteiger partial charge in [0.05, 0.1) is 0 Å². The zero-order valence-electron chi connectivity index (χ0n) is 15.6. The van der Waals surface area contributed by atoms with E-state index in [0.29, 0.717) is 19.0 Å². The number of nitrogens with zero attached hydrogens (tertiary/aromatic N) is 2. The largest absolute Gasteiger partial charge is 0.338 e. The lowest BCUT2D eigenvalue weighted by atomic mass is 9.90. The van der Waals surface area contributed by atoms with Crippen LogP contribution in [0.15, 0.2) is 35.1 Å². The maximum Gasteiger partial charge on any atom is 0.263 e. The summed E-state index contributed by atoms with van der Waals surface area (Å²) in [4.78, 5) is 27.2. The Kier molecular flexibility index (Phi) is 5.25. The normalized spacial score (nSPS) is 15.3. The van der Waals surface area contributed by atoms with Crippen molar-refractivity contribution in [1.29, 1.82) is 0 Å². The molecule has 0 bridgehead atoms. The van der Waals surface area contributed by atoms with Gasteiger partial charge in [-0.05, 0) is 68.4 Å². The second-order valence-corrected chi connectivity index (χ2v) is 7.27. The van der Waals surface area contributed by atoms with Crippen LogP contribution in [0.3, 0.4) is 0 Å². The third kappa shape index (κ3) is 3.71. The highest BCUT2D eigenvalue weighted by molar-refractivity contribution is 5.95. The van der Waals surface area contributed by atoms with E-state index in [1.165, 1.54) is 16.7 Å². The second kappa shape index (κ2) is 7.44. The minimum atomic E-state index is -0.221. The number of hydrogen-bond acceptors (Lipinski definition) is 2. The third-order valence-corrected chi connectivity index (χ3v) is 5.42. The molecule has 138 valence electrons. The second-order valence-electron chi connectivity index (χ2n) is 7.27. The fraction of sp³-hybridized carbons (Fsp3) is 0.429. The highest BCUT2D eigenvalue weighted by Gasteiger charge is 2.27. The van der Waals surface area contributed by atoms with Crippen molar-refractivity contribution in [3.05, 3.63) is 68.9 Å². The van der Waals surface area contributed by atoms with Gasteiger partial charge in [-0.25, -0.2) is 4.39 Å². The van der Waals surface area contributed by atoms with Crippen molar-refractivity contribution in [1.82, 2.24) is 9.47 Å². The number of rotatable bonds is 3. The highest BCUT2D eigenvalue weighted by Crippen LogP contribution is 2.23. The molecule has 0 atom stereocenters. The summed E-state index contributed by atoms with van der Waals surface area (Å²) in [6.07, 6.45) is 2.69. The Morgan fingerprint density at radius 3 is 2.38 bits per heavy atom. The Balaban J connectivity index is 1.67. The summed E-state index contributed by atoms with van der Waals surface area (Å²) in [5.41, 5.74) is 2.78. The molecule has 0 saturated carbocycles. The molecule has 0 spiro atoms. The standard InChI is InChI=1S/C21H25FN2O2/c1-14-12-15(2)23(3)20(25)19(14)21(26)24-10-8-17(9-11-24)13-16-4-6-18(22)7-5-16/h4-7,12,17H,8-11,13H2,1-3H3. The van der Waals surface area contributed by atoms with Crippen LogP contribution in [0.4, 0.5) is 4.39 Å². The van der Waals surface area contributed by atoms with Crippen LogP contribution in [0.25, 0.3) is 0 Å². The van der Waals surface area contributed by atoms with Gasteiger partial charge in [0.1, 0.15) is 11.4 Å². The number of aromatic nitrogens is 1. The summed E-state index contributed by atoms with van der Waals surface area (Å²) < 4.78 is 14.5. The van der Waals surface area contributed by atoms with Crippen molar-refractivity contribution in [2.24, 2.45) is 13.0 Å². The molecule has 5 heteroatoms. The predicted molar refractivity (Wildman–Crippen MR) is 99.9 cm³/mol. The first-order valence-corrected chi connectivity index (χ1v) is 9.07. The number of likely N-dealkylation sites (tertiary alicyclic amines) is 1. The van der Waals surface area contributed by atoms with Gasteiger partial charge in [0, 0.05) is 25.8 Å². The van der Waals surface area contributed by atoms with Gasteiger partial charge < -0.3 is 9.47 Å². The molecule has 0 unspecified atom stereocenters. The number of benzene rings is 1. The first-order chi connectivity index (χ1) is 12.4. The first-order valence-electron chi connectivity index (χ1n) is 9.07. The van der Waals surface area contributed by atoms with Gasteiger partial charge in [0.2, 0.25) is 0 Å². The number of hydrogen-bond donors (Lipinski definition) is 0. The summed E-state index contributed by atoms with van der Waals surface area (Å²) in [6, 6.07) is 8.52.